The van der Waals surface area contributed by atoms with Gasteiger partial charge in [0.25, 0.3) is 0 Å². The molecular weight excluding hydrogens is 470 g/mol. The molecule has 3 heterocycles. The van der Waals surface area contributed by atoms with E-state index in [2.05, 4.69) is 38.9 Å². The Balaban J connectivity index is 1.50. The molecule has 1 aromatic heterocycles. The second-order valence-electron chi connectivity index (χ2n) is 10.3. The van der Waals surface area contributed by atoms with Crippen molar-refractivity contribution < 1.29 is 14.3 Å². The van der Waals surface area contributed by atoms with Crippen molar-refractivity contribution in [3.05, 3.63) is 47.0 Å². The second-order valence-corrected chi connectivity index (χ2v) is 10.3. The lowest BCUT2D eigenvalue weighted by atomic mass is 9.97. The van der Waals surface area contributed by atoms with E-state index in [1.807, 2.05) is 45.9 Å². The van der Waals surface area contributed by atoms with Crippen molar-refractivity contribution in [1.82, 2.24) is 14.9 Å². The second kappa shape index (κ2) is 10.5. The molecule has 1 unspecified atom stereocenters. The van der Waals surface area contributed by atoms with Gasteiger partial charge in [0.2, 0.25) is 11.9 Å². The molecule has 10 heteroatoms. The minimum absolute atomic E-state index is 0.108. The minimum atomic E-state index is -0.603. The monoisotopic (exact) mass is 503 g/mol. The number of aromatic nitrogens is 2. The number of carbonyl (C=O) groups is 2. The smallest absolute Gasteiger partial charge is 0.410 e. The van der Waals surface area contributed by atoms with Crippen LogP contribution in [-0.4, -0.2) is 45.6 Å². The van der Waals surface area contributed by atoms with Gasteiger partial charge in [-0.25, -0.2) is 14.8 Å². The SMILES string of the molecule is CCc1ccc2c(c1)N/C(=C(\C#N)c1nc(NC(=O)C3CCCN(C(=O)OC(C)(C)C)C3)ncc1C)N2. The molecule has 0 bridgehead atoms. The van der Waals surface area contributed by atoms with Gasteiger partial charge in [-0.3, -0.25) is 10.1 Å². The van der Waals surface area contributed by atoms with Crippen molar-refractivity contribution in [2.45, 2.75) is 59.5 Å². The first-order valence-electron chi connectivity index (χ1n) is 12.5. The van der Waals surface area contributed by atoms with Gasteiger partial charge >= 0.3 is 6.09 Å². The van der Waals surface area contributed by atoms with Gasteiger partial charge in [0, 0.05) is 19.3 Å². The molecule has 1 saturated heterocycles. The summed E-state index contributed by atoms with van der Waals surface area (Å²) in [5.74, 6) is -0.0445. The van der Waals surface area contributed by atoms with E-state index in [9.17, 15) is 14.9 Å². The molecule has 194 valence electrons. The zero-order valence-corrected chi connectivity index (χ0v) is 21.9. The zero-order valence-electron chi connectivity index (χ0n) is 21.9. The molecule has 1 fully saturated rings. The first-order valence-corrected chi connectivity index (χ1v) is 12.5. The Morgan fingerprint density at radius 3 is 2.73 bits per heavy atom. The third-order valence-corrected chi connectivity index (χ3v) is 6.26. The van der Waals surface area contributed by atoms with Crippen molar-refractivity contribution >= 4 is 34.9 Å². The van der Waals surface area contributed by atoms with E-state index < -0.39 is 17.6 Å². The number of hydrogen-bond donors (Lipinski definition) is 3. The summed E-state index contributed by atoms with van der Waals surface area (Å²) in [7, 11) is 0. The van der Waals surface area contributed by atoms with E-state index in [-0.39, 0.29) is 18.4 Å². The van der Waals surface area contributed by atoms with Crippen LogP contribution in [0.3, 0.4) is 0 Å². The fourth-order valence-electron chi connectivity index (χ4n) is 4.33. The van der Waals surface area contributed by atoms with E-state index in [4.69, 9.17) is 4.74 Å². The number of rotatable bonds is 4. The van der Waals surface area contributed by atoms with Crippen LogP contribution >= 0.6 is 0 Å². The summed E-state index contributed by atoms with van der Waals surface area (Å²) < 4.78 is 5.46. The average Bonchev–Trinajstić information content (AvgIpc) is 3.28. The normalized spacial score (nSPS) is 18.2. The molecule has 37 heavy (non-hydrogen) atoms. The van der Waals surface area contributed by atoms with Crippen molar-refractivity contribution in [2.24, 2.45) is 5.92 Å². The van der Waals surface area contributed by atoms with E-state index in [1.165, 1.54) is 5.56 Å². The Labute approximate surface area is 217 Å². The number of nitrogens with one attached hydrogen (secondary N) is 3. The fraction of sp³-hybridized carbons (Fsp3) is 0.444. The van der Waals surface area contributed by atoms with Gasteiger partial charge in [-0.1, -0.05) is 13.0 Å². The van der Waals surface area contributed by atoms with Crippen molar-refractivity contribution in [3.8, 4) is 6.07 Å². The molecule has 0 aliphatic carbocycles. The fourth-order valence-corrected chi connectivity index (χ4v) is 4.33. The lowest BCUT2D eigenvalue weighted by molar-refractivity contribution is -0.121. The number of carbonyl (C=O) groups excluding carboxylic acids is 2. The first kappa shape index (κ1) is 25.9. The van der Waals surface area contributed by atoms with Gasteiger partial charge in [-0.05, 0) is 70.2 Å². The molecule has 4 rings (SSSR count). The van der Waals surface area contributed by atoms with E-state index >= 15 is 0 Å². The number of anilines is 3. The van der Waals surface area contributed by atoms with Crippen molar-refractivity contribution in [2.75, 3.05) is 29.0 Å². The third-order valence-electron chi connectivity index (χ3n) is 6.26. The van der Waals surface area contributed by atoms with Crippen molar-refractivity contribution in [1.29, 1.82) is 5.26 Å². The largest absolute Gasteiger partial charge is 0.444 e. The highest BCUT2D eigenvalue weighted by atomic mass is 16.6. The van der Waals surface area contributed by atoms with Crippen LogP contribution in [0.1, 0.15) is 57.4 Å². The summed E-state index contributed by atoms with van der Waals surface area (Å²) in [4.78, 5) is 35.9. The number of likely N-dealkylation sites (tertiary alicyclic amines) is 1. The lowest BCUT2D eigenvalue weighted by Gasteiger charge is -2.33. The van der Waals surface area contributed by atoms with Crippen LogP contribution < -0.4 is 16.0 Å². The molecule has 2 amide bonds. The number of aryl methyl sites for hydroxylation is 2. The Hall–Kier alpha value is -4.13. The van der Waals surface area contributed by atoms with Crippen LogP contribution in [0.2, 0.25) is 0 Å². The van der Waals surface area contributed by atoms with Crippen molar-refractivity contribution in [3.63, 3.8) is 0 Å². The number of nitrogens with zero attached hydrogens (tertiary/aromatic N) is 4. The van der Waals surface area contributed by atoms with Gasteiger partial charge in [0.05, 0.1) is 23.0 Å². The summed E-state index contributed by atoms with van der Waals surface area (Å²) in [6.45, 7) is 10.2. The number of hydrogen-bond acceptors (Lipinski definition) is 8. The molecule has 0 radical (unpaired) electrons. The quantitative estimate of drug-likeness (QED) is 0.513. The number of piperidine rings is 1. The van der Waals surface area contributed by atoms with Gasteiger partial charge < -0.3 is 20.3 Å². The molecule has 1 aromatic carbocycles. The van der Waals surface area contributed by atoms with Gasteiger partial charge in [-0.2, -0.15) is 5.26 Å². The highest BCUT2D eigenvalue weighted by molar-refractivity contribution is 5.93. The molecule has 0 saturated carbocycles. The molecule has 0 spiro atoms. The maximum Gasteiger partial charge on any atom is 0.410 e. The summed E-state index contributed by atoms with van der Waals surface area (Å²) >= 11 is 0. The zero-order chi connectivity index (χ0) is 26.7. The first-order chi connectivity index (χ1) is 17.6. The van der Waals surface area contributed by atoms with Crippen LogP contribution in [0, 0.1) is 24.2 Å². The van der Waals surface area contributed by atoms with Crippen LogP contribution in [-0.2, 0) is 16.0 Å². The molecular formula is C27H33N7O3. The Morgan fingerprint density at radius 2 is 2.03 bits per heavy atom. The Kier molecular flexibility index (Phi) is 7.34. The van der Waals surface area contributed by atoms with Crippen LogP contribution in [0.5, 0.6) is 0 Å². The number of ether oxygens (including phenoxy) is 1. The number of nitriles is 1. The highest BCUT2D eigenvalue weighted by Gasteiger charge is 2.31. The third kappa shape index (κ3) is 6.00. The summed E-state index contributed by atoms with van der Waals surface area (Å²) in [6, 6.07) is 8.31. The van der Waals surface area contributed by atoms with E-state index in [1.54, 1.807) is 11.1 Å². The summed E-state index contributed by atoms with van der Waals surface area (Å²) in [5.41, 5.74) is 3.80. The van der Waals surface area contributed by atoms with E-state index in [0.29, 0.717) is 42.0 Å². The maximum absolute atomic E-state index is 13.1. The van der Waals surface area contributed by atoms with Gasteiger partial charge in [0.15, 0.2) is 0 Å². The summed E-state index contributed by atoms with van der Waals surface area (Å²) in [6.07, 6.45) is 3.40. The molecule has 2 aliphatic heterocycles. The van der Waals surface area contributed by atoms with Crippen LogP contribution in [0.15, 0.2) is 30.2 Å². The molecule has 2 aromatic rings. The standard InChI is InChI=1S/C27H33N7O3/c1-6-17-9-10-20-21(12-17)31-23(30-20)19(13-28)22-16(2)14-29-25(32-22)33-24(35)18-8-7-11-34(15-18)26(36)37-27(3,4)5/h9-10,12,14,18,30-31H,6-8,11,15H2,1-5H3,(H,29,32,33,35)/b23-19+. The van der Waals surface area contributed by atoms with Crippen LogP contribution in [0.25, 0.3) is 5.57 Å². The predicted molar refractivity (Wildman–Crippen MR) is 142 cm³/mol. The average molecular weight is 504 g/mol. The van der Waals surface area contributed by atoms with Gasteiger partial charge in [0.1, 0.15) is 23.1 Å². The highest BCUT2D eigenvalue weighted by Crippen LogP contribution is 2.34. The topological polar surface area (TPSA) is 132 Å². The minimum Gasteiger partial charge on any atom is -0.444 e. The number of fused-ring (bicyclic) bond motifs is 1. The Morgan fingerprint density at radius 1 is 1.27 bits per heavy atom. The number of benzene rings is 1. The molecule has 1 atom stereocenters. The molecule has 2 aliphatic rings. The van der Waals surface area contributed by atoms with Crippen LogP contribution in [0.4, 0.5) is 22.1 Å². The van der Waals surface area contributed by atoms with E-state index in [0.717, 1.165) is 17.8 Å². The lowest BCUT2D eigenvalue weighted by Crippen LogP contribution is -2.45. The predicted octanol–water partition coefficient (Wildman–Crippen LogP) is 4.66. The Bertz CT molecular complexity index is 1290. The number of amides is 2. The maximum atomic E-state index is 13.1. The molecule has 10 nitrogen and oxygen atoms in total. The number of allylic oxidation sites excluding steroid dienone is 1. The molecule has 3 N–H and O–H groups in total. The summed E-state index contributed by atoms with van der Waals surface area (Å²) in [5, 5.41) is 19.3. The van der Waals surface area contributed by atoms with Gasteiger partial charge in [-0.15, -0.1) is 0 Å².